The Kier molecular flexibility index (Phi) is 5.68. The van der Waals surface area contributed by atoms with Crippen molar-refractivity contribution >= 4 is 11.9 Å². The fourth-order valence-corrected chi connectivity index (χ4v) is 3.10. The normalized spacial score (nSPS) is 26.9. The van der Waals surface area contributed by atoms with Crippen LogP contribution in [0.5, 0.6) is 0 Å². The van der Waals surface area contributed by atoms with Crippen molar-refractivity contribution in [1.82, 2.24) is 15.5 Å². The lowest BCUT2D eigenvalue weighted by Gasteiger charge is -2.18. The van der Waals surface area contributed by atoms with Crippen LogP contribution in [-0.2, 0) is 4.79 Å². The molecule has 2 rings (SSSR count). The van der Waals surface area contributed by atoms with E-state index in [2.05, 4.69) is 17.6 Å². The van der Waals surface area contributed by atoms with E-state index in [4.69, 9.17) is 0 Å². The number of nitrogens with one attached hydrogen (secondary N) is 2. The SMILES string of the molecule is C[C@@H]1CCC[C@H](NC(=O)NCC(=O)N2CCCC2)CC1. The fourth-order valence-electron chi connectivity index (χ4n) is 3.10. The van der Waals surface area contributed by atoms with Crippen LogP contribution in [0.1, 0.15) is 51.9 Å². The Morgan fingerprint density at radius 3 is 2.55 bits per heavy atom. The maximum Gasteiger partial charge on any atom is 0.315 e. The molecule has 5 heteroatoms. The molecular weight excluding hydrogens is 254 g/mol. The van der Waals surface area contributed by atoms with Crippen LogP contribution in [0.3, 0.4) is 0 Å². The molecule has 0 bridgehead atoms. The van der Waals surface area contributed by atoms with Crippen molar-refractivity contribution in [2.24, 2.45) is 5.92 Å². The Hall–Kier alpha value is -1.26. The average Bonchev–Trinajstić information content (AvgIpc) is 2.89. The van der Waals surface area contributed by atoms with Gasteiger partial charge in [-0.05, 0) is 38.0 Å². The molecule has 2 atom stereocenters. The summed E-state index contributed by atoms with van der Waals surface area (Å²) in [6.45, 7) is 4.07. The second kappa shape index (κ2) is 7.50. The predicted octanol–water partition coefficient (Wildman–Crippen LogP) is 1.88. The van der Waals surface area contributed by atoms with Gasteiger partial charge < -0.3 is 15.5 Å². The molecule has 2 aliphatic rings. The molecule has 1 heterocycles. The maximum atomic E-state index is 11.8. The van der Waals surface area contributed by atoms with Gasteiger partial charge in [0.2, 0.25) is 5.91 Å². The molecule has 0 aromatic rings. The number of likely N-dealkylation sites (tertiary alicyclic amines) is 1. The van der Waals surface area contributed by atoms with Gasteiger partial charge >= 0.3 is 6.03 Å². The zero-order valence-corrected chi connectivity index (χ0v) is 12.5. The first-order chi connectivity index (χ1) is 9.65. The largest absolute Gasteiger partial charge is 0.341 e. The zero-order chi connectivity index (χ0) is 14.4. The highest BCUT2D eigenvalue weighted by Crippen LogP contribution is 2.22. The van der Waals surface area contributed by atoms with Gasteiger partial charge in [-0.3, -0.25) is 4.79 Å². The van der Waals surface area contributed by atoms with Crippen molar-refractivity contribution in [1.29, 1.82) is 0 Å². The van der Waals surface area contributed by atoms with Gasteiger partial charge in [-0.1, -0.05) is 19.8 Å². The third-order valence-corrected chi connectivity index (χ3v) is 4.45. The van der Waals surface area contributed by atoms with E-state index < -0.39 is 0 Å². The van der Waals surface area contributed by atoms with Crippen LogP contribution in [0, 0.1) is 5.92 Å². The first-order valence-corrected chi connectivity index (χ1v) is 7.97. The van der Waals surface area contributed by atoms with Gasteiger partial charge in [0.05, 0.1) is 6.54 Å². The van der Waals surface area contributed by atoms with Gasteiger partial charge in [-0.2, -0.15) is 0 Å². The number of hydrogen-bond donors (Lipinski definition) is 2. The first-order valence-electron chi connectivity index (χ1n) is 7.97. The summed E-state index contributed by atoms with van der Waals surface area (Å²) in [5.41, 5.74) is 0. The molecule has 20 heavy (non-hydrogen) atoms. The van der Waals surface area contributed by atoms with Crippen molar-refractivity contribution in [3.63, 3.8) is 0 Å². The molecule has 1 aliphatic carbocycles. The lowest BCUT2D eigenvalue weighted by molar-refractivity contribution is -0.128. The summed E-state index contributed by atoms with van der Waals surface area (Å²) >= 11 is 0. The van der Waals surface area contributed by atoms with E-state index >= 15 is 0 Å². The highest BCUT2D eigenvalue weighted by atomic mass is 16.2. The van der Waals surface area contributed by atoms with E-state index in [0.717, 1.165) is 44.7 Å². The summed E-state index contributed by atoms with van der Waals surface area (Å²) in [5, 5.41) is 5.70. The van der Waals surface area contributed by atoms with E-state index in [1.807, 2.05) is 4.90 Å². The highest BCUT2D eigenvalue weighted by Gasteiger charge is 2.20. The van der Waals surface area contributed by atoms with E-state index in [-0.39, 0.29) is 24.5 Å². The van der Waals surface area contributed by atoms with E-state index in [0.29, 0.717) is 0 Å². The molecular formula is C15H27N3O2. The summed E-state index contributed by atoms with van der Waals surface area (Å²) in [7, 11) is 0. The molecule has 2 fully saturated rings. The predicted molar refractivity (Wildman–Crippen MR) is 78.4 cm³/mol. The van der Waals surface area contributed by atoms with Crippen LogP contribution in [0.25, 0.3) is 0 Å². The number of carbonyl (C=O) groups is 2. The Balaban J connectivity index is 1.65. The third kappa shape index (κ3) is 4.69. The molecule has 0 aromatic carbocycles. The van der Waals surface area contributed by atoms with Crippen LogP contribution >= 0.6 is 0 Å². The molecule has 0 spiro atoms. The Labute approximate surface area is 121 Å². The van der Waals surface area contributed by atoms with Crippen molar-refractivity contribution in [2.45, 2.75) is 57.9 Å². The molecule has 1 saturated carbocycles. The molecule has 3 amide bonds. The number of carbonyl (C=O) groups excluding carboxylic acids is 2. The maximum absolute atomic E-state index is 11.8. The lowest BCUT2D eigenvalue weighted by atomic mass is 10.0. The van der Waals surface area contributed by atoms with E-state index in [1.165, 1.54) is 19.3 Å². The number of hydrogen-bond acceptors (Lipinski definition) is 2. The molecule has 0 radical (unpaired) electrons. The minimum atomic E-state index is -0.197. The average molecular weight is 281 g/mol. The monoisotopic (exact) mass is 281 g/mol. The van der Waals surface area contributed by atoms with Gasteiger partial charge in [0.1, 0.15) is 0 Å². The number of urea groups is 1. The lowest BCUT2D eigenvalue weighted by Crippen LogP contribution is -2.46. The topological polar surface area (TPSA) is 61.4 Å². The smallest absolute Gasteiger partial charge is 0.315 e. The third-order valence-electron chi connectivity index (χ3n) is 4.45. The van der Waals surface area contributed by atoms with Crippen LogP contribution in [-0.4, -0.2) is 42.5 Å². The first kappa shape index (κ1) is 15.1. The molecule has 1 saturated heterocycles. The second-order valence-electron chi connectivity index (χ2n) is 6.23. The number of nitrogens with zero attached hydrogens (tertiary/aromatic N) is 1. The zero-order valence-electron chi connectivity index (χ0n) is 12.5. The Morgan fingerprint density at radius 2 is 1.80 bits per heavy atom. The van der Waals surface area contributed by atoms with Crippen molar-refractivity contribution in [3.8, 4) is 0 Å². The van der Waals surface area contributed by atoms with Gasteiger partial charge in [0.25, 0.3) is 0 Å². The van der Waals surface area contributed by atoms with Crippen molar-refractivity contribution in [2.75, 3.05) is 19.6 Å². The minimum Gasteiger partial charge on any atom is -0.341 e. The van der Waals surface area contributed by atoms with Crippen LogP contribution in [0.2, 0.25) is 0 Å². The molecule has 0 unspecified atom stereocenters. The Bertz CT molecular complexity index is 340. The van der Waals surface area contributed by atoms with Gasteiger partial charge in [0.15, 0.2) is 0 Å². The summed E-state index contributed by atoms with van der Waals surface area (Å²) < 4.78 is 0. The molecule has 114 valence electrons. The minimum absolute atomic E-state index is 0.0344. The van der Waals surface area contributed by atoms with E-state index in [1.54, 1.807) is 0 Å². The summed E-state index contributed by atoms with van der Waals surface area (Å²) in [4.78, 5) is 25.5. The summed E-state index contributed by atoms with van der Waals surface area (Å²) in [6.07, 6.45) is 7.88. The van der Waals surface area contributed by atoms with Crippen molar-refractivity contribution in [3.05, 3.63) is 0 Å². The van der Waals surface area contributed by atoms with Gasteiger partial charge in [-0.15, -0.1) is 0 Å². The Morgan fingerprint density at radius 1 is 1.05 bits per heavy atom. The fraction of sp³-hybridized carbons (Fsp3) is 0.867. The quantitative estimate of drug-likeness (QED) is 0.776. The number of rotatable bonds is 3. The molecule has 0 aromatic heterocycles. The number of amides is 3. The van der Waals surface area contributed by atoms with Gasteiger partial charge in [-0.25, -0.2) is 4.79 Å². The molecule has 1 aliphatic heterocycles. The van der Waals surface area contributed by atoms with Crippen LogP contribution in [0.4, 0.5) is 4.79 Å². The molecule has 5 nitrogen and oxygen atoms in total. The van der Waals surface area contributed by atoms with Crippen LogP contribution < -0.4 is 10.6 Å². The molecule has 2 N–H and O–H groups in total. The van der Waals surface area contributed by atoms with Crippen molar-refractivity contribution < 1.29 is 9.59 Å². The summed E-state index contributed by atoms with van der Waals surface area (Å²) in [5.74, 6) is 0.800. The standard InChI is InChI=1S/C15H27N3O2/c1-12-5-4-6-13(8-7-12)17-15(20)16-11-14(19)18-9-2-3-10-18/h12-13H,2-11H2,1H3,(H2,16,17,20)/t12-,13+/m1/s1. The van der Waals surface area contributed by atoms with Crippen LogP contribution in [0.15, 0.2) is 0 Å². The van der Waals surface area contributed by atoms with Gasteiger partial charge in [0, 0.05) is 19.1 Å². The highest BCUT2D eigenvalue weighted by molar-refractivity contribution is 5.84. The summed E-state index contributed by atoms with van der Waals surface area (Å²) in [6, 6.07) is 0.0685. The second-order valence-corrected chi connectivity index (χ2v) is 6.23. The van der Waals surface area contributed by atoms with E-state index in [9.17, 15) is 9.59 Å².